The number of hydrogen-bond acceptors (Lipinski definition) is 2. The van der Waals surface area contributed by atoms with Crippen LogP contribution in [0, 0.1) is 11.8 Å². The van der Waals surface area contributed by atoms with Crippen LogP contribution in [0.1, 0.15) is 23.1 Å². The minimum absolute atomic E-state index is 0.109. The molecule has 0 fully saturated rings. The van der Waals surface area contributed by atoms with Crippen LogP contribution in [0.2, 0.25) is 0 Å². The van der Waals surface area contributed by atoms with Gasteiger partial charge in [-0.15, -0.1) is 0 Å². The number of aliphatic hydroxyl groups is 2. The van der Waals surface area contributed by atoms with E-state index >= 15 is 0 Å². The second-order valence-corrected chi connectivity index (χ2v) is 3.30. The van der Waals surface area contributed by atoms with Crippen molar-refractivity contribution in [1.82, 2.24) is 0 Å². The van der Waals surface area contributed by atoms with Crippen molar-refractivity contribution in [3.63, 3.8) is 0 Å². The Morgan fingerprint density at radius 2 is 1.88 bits per heavy atom. The number of aliphatic hydroxyl groups excluding tert-OH is 2. The predicted octanol–water partition coefficient (Wildman–Crippen LogP) is 1.93. The smallest absolute Gasteiger partial charge is 0.395 e. The molecule has 0 aromatic heterocycles. The number of benzene rings is 1. The molecule has 92 valence electrons. The predicted molar refractivity (Wildman–Crippen MR) is 55.9 cm³/mol. The van der Waals surface area contributed by atoms with Gasteiger partial charge in [-0.2, -0.15) is 13.2 Å². The van der Waals surface area contributed by atoms with E-state index in [2.05, 4.69) is 11.8 Å². The first-order valence-corrected chi connectivity index (χ1v) is 4.89. The van der Waals surface area contributed by atoms with Crippen LogP contribution in [-0.2, 0) is 12.8 Å². The van der Waals surface area contributed by atoms with Crippen molar-refractivity contribution in [3.8, 4) is 11.8 Å². The Morgan fingerprint density at radius 3 is 2.41 bits per heavy atom. The fourth-order valence-corrected chi connectivity index (χ4v) is 1.24. The second-order valence-electron chi connectivity index (χ2n) is 3.30. The Hall–Kier alpha value is -1.51. The Balaban J connectivity index is 3.07. The summed E-state index contributed by atoms with van der Waals surface area (Å²) in [7, 11) is 0. The van der Waals surface area contributed by atoms with E-state index < -0.39 is 18.3 Å². The van der Waals surface area contributed by atoms with Gasteiger partial charge < -0.3 is 10.2 Å². The van der Waals surface area contributed by atoms with Crippen LogP contribution in [0.5, 0.6) is 0 Å². The fraction of sp³-hybridized carbons (Fsp3) is 0.333. The van der Waals surface area contributed by atoms with Gasteiger partial charge in [-0.1, -0.05) is 11.8 Å². The molecule has 0 amide bonds. The van der Waals surface area contributed by atoms with Gasteiger partial charge in [0.25, 0.3) is 0 Å². The number of hydrogen-bond donors (Lipinski definition) is 2. The average molecular weight is 244 g/mol. The molecule has 0 aliphatic heterocycles. The molecule has 0 aliphatic carbocycles. The summed E-state index contributed by atoms with van der Waals surface area (Å²) in [6.45, 7) is -0.616. The van der Waals surface area contributed by atoms with Gasteiger partial charge in [-0.3, -0.25) is 0 Å². The highest BCUT2D eigenvalue weighted by Crippen LogP contribution is 2.30. The summed E-state index contributed by atoms with van der Waals surface area (Å²) < 4.78 is 37.2. The lowest BCUT2D eigenvalue weighted by Gasteiger charge is -2.09. The zero-order valence-electron chi connectivity index (χ0n) is 8.88. The van der Waals surface area contributed by atoms with Gasteiger partial charge >= 0.3 is 6.18 Å². The standard InChI is InChI=1S/C12H11F3O2/c13-12(14,15)11-5-4-9(3-1-2-6-16)10(7-11)8-17/h4-5,7,16-17H,2,6,8H2. The van der Waals surface area contributed by atoms with Crippen LogP contribution >= 0.6 is 0 Å². The monoisotopic (exact) mass is 244 g/mol. The molecule has 0 atom stereocenters. The van der Waals surface area contributed by atoms with E-state index in [1.54, 1.807) is 0 Å². The maximum atomic E-state index is 12.4. The number of halogens is 3. The number of rotatable bonds is 2. The largest absolute Gasteiger partial charge is 0.416 e. The van der Waals surface area contributed by atoms with Crippen molar-refractivity contribution >= 4 is 0 Å². The summed E-state index contributed by atoms with van der Waals surface area (Å²) in [6, 6.07) is 3.02. The van der Waals surface area contributed by atoms with E-state index in [-0.39, 0.29) is 18.6 Å². The summed E-state index contributed by atoms with van der Waals surface area (Å²) in [5, 5.41) is 17.5. The molecule has 1 aromatic carbocycles. The van der Waals surface area contributed by atoms with Crippen LogP contribution in [0.25, 0.3) is 0 Å². The number of alkyl halides is 3. The average Bonchev–Trinajstić information content (AvgIpc) is 2.28. The molecule has 0 radical (unpaired) electrons. The van der Waals surface area contributed by atoms with Crippen molar-refractivity contribution in [2.24, 2.45) is 0 Å². The minimum atomic E-state index is -4.43. The molecule has 0 saturated heterocycles. The molecule has 0 unspecified atom stereocenters. The quantitative estimate of drug-likeness (QED) is 0.780. The van der Waals surface area contributed by atoms with Crippen LogP contribution in [0.4, 0.5) is 13.2 Å². The molecule has 0 spiro atoms. The lowest BCUT2D eigenvalue weighted by Crippen LogP contribution is -2.06. The lowest BCUT2D eigenvalue weighted by atomic mass is 10.0. The maximum Gasteiger partial charge on any atom is 0.416 e. The van der Waals surface area contributed by atoms with E-state index in [1.165, 1.54) is 6.07 Å². The highest BCUT2D eigenvalue weighted by atomic mass is 19.4. The molecule has 2 N–H and O–H groups in total. The molecule has 5 heteroatoms. The Kier molecular flexibility index (Phi) is 4.55. The Labute approximate surface area is 96.7 Å². The summed E-state index contributed by atoms with van der Waals surface area (Å²) in [4.78, 5) is 0. The molecule has 0 saturated carbocycles. The van der Waals surface area contributed by atoms with Crippen LogP contribution in [0.15, 0.2) is 18.2 Å². The molecule has 0 heterocycles. The van der Waals surface area contributed by atoms with Crippen molar-refractivity contribution in [3.05, 3.63) is 34.9 Å². The first-order chi connectivity index (χ1) is 7.99. The van der Waals surface area contributed by atoms with Gasteiger partial charge in [0.2, 0.25) is 0 Å². The topological polar surface area (TPSA) is 40.5 Å². The van der Waals surface area contributed by atoms with Gasteiger partial charge in [-0.05, 0) is 23.8 Å². The van der Waals surface area contributed by atoms with Crippen LogP contribution in [0.3, 0.4) is 0 Å². The molecular formula is C12H11F3O2. The summed E-state index contributed by atoms with van der Waals surface area (Å²) in [6.07, 6.45) is -4.19. The summed E-state index contributed by atoms with van der Waals surface area (Å²) in [5.74, 6) is 5.20. The van der Waals surface area contributed by atoms with Crippen LogP contribution in [-0.4, -0.2) is 16.8 Å². The molecular weight excluding hydrogens is 233 g/mol. The zero-order chi connectivity index (χ0) is 12.9. The first-order valence-electron chi connectivity index (χ1n) is 4.89. The van der Waals surface area contributed by atoms with Gasteiger partial charge in [0.05, 0.1) is 18.8 Å². The summed E-state index contributed by atoms with van der Waals surface area (Å²) >= 11 is 0. The second kappa shape index (κ2) is 5.71. The van der Waals surface area contributed by atoms with E-state index in [1.807, 2.05) is 0 Å². The van der Waals surface area contributed by atoms with E-state index in [0.29, 0.717) is 5.56 Å². The van der Waals surface area contributed by atoms with E-state index in [0.717, 1.165) is 12.1 Å². The fourth-order valence-electron chi connectivity index (χ4n) is 1.24. The molecule has 1 aromatic rings. The molecule has 1 rings (SSSR count). The van der Waals surface area contributed by atoms with Gasteiger partial charge in [0.15, 0.2) is 0 Å². The van der Waals surface area contributed by atoms with Gasteiger partial charge in [-0.25, -0.2) is 0 Å². The third kappa shape index (κ3) is 3.77. The maximum absolute atomic E-state index is 12.4. The van der Waals surface area contributed by atoms with E-state index in [9.17, 15) is 13.2 Å². The Morgan fingerprint density at radius 1 is 1.18 bits per heavy atom. The Bertz CT molecular complexity index is 441. The van der Waals surface area contributed by atoms with Gasteiger partial charge in [0, 0.05) is 12.0 Å². The SMILES string of the molecule is OCCC#Cc1ccc(C(F)(F)F)cc1CO. The van der Waals surface area contributed by atoms with Gasteiger partial charge in [0.1, 0.15) is 0 Å². The molecule has 0 aliphatic rings. The zero-order valence-corrected chi connectivity index (χ0v) is 8.88. The third-order valence-electron chi connectivity index (χ3n) is 2.06. The van der Waals surface area contributed by atoms with Crippen molar-refractivity contribution in [1.29, 1.82) is 0 Å². The van der Waals surface area contributed by atoms with Crippen molar-refractivity contribution in [2.45, 2.75) is 19.2 Å². The third-order valence-corrected chi connectivity index (χ3v) is 2.06. The van der Waals surface area contributed by atoms with E-state index in [4.69, 9.17) is 10.2 Å². The molecule has 2 nitrogen and oxygen atoms in total. The highest BCUT2D eigenvalue weighted by Gasteiger charge is 2.30. The minimum Gasteiger partial charge on any atom is -0.395 e. The van der Waals surface area contributed by atoms with Crippen LogP contribution < -0.4 is 0 Å². The normalized spacial score (nSPS) is 10.9. The van der Waals surface area contributed by atoms with Crippen molar-refractivity contribution in [2.75, 3.05) is 6.61 Å². The first kappa shape index (κ1) is 13.6. The summed E-state index contributed by atoms with van der Waals surface area (Å²) in [5.41, 5.74) is -0.339. The molecule has 0 bridgehead atoms. The lowest BCUT2D eigenvalue weighted by molar-refractivity contribution is -0.137. The molecule has 17 heavy (non-hydrogen) atoms. The highest BCUT2D eigenvalue weighted by molar-refractivity contribution is 5.43. The van der Waals surface area contributed by atoms with Crippen molar-refractivity contribution < 1.29 is 23.4 Å².